The van der Waals surface area contributed by atoms with Crippen LogP contribution in [0.5, 0.6) is 0 Å². The molecule has 1 amide bonds. The lowest BCUT2D eigenvalue weighted by molar-refractivity contribution is -0.119. The van der Waals surface area contributed by atoms with Gasteiger partial charge in [0.05, 0.1) is 0 Å². The second-order valence-electron chi connectivity index (χ2n) is 6.52. The zero-order valence-corrected chi connectivity index (χ0v) is 15.1. The normalized spacial score (nSPS) is 14.3. The number of hydrogen-bond donors (Lipinski definition) is 1. The molecule has 6 heteroatoms. The van der Waals surface area contributed by atoms with Gasteiger partial charge >= 0.3 is 0 Å². The van der Waals surface area contributed by atoms with Gasteiger partial charge in [-0.1, -0.05) is 30.3 Å². The number of nitrogens with zero attached hydrogens (tertiary/aromatic N) is 1. The summed E-state index contributed by atoms with van der Waals surface area (Å²) in [4.78, 5) is 15.8. The quantitative estimate of drug-likeness (QED) is 0.825. The topological polar surface area (TPSA) is 76.1 Å². The molecule has 0 spiro atoms. The van der Waals surface area contributed by atoms with Crippen LogP contribution in [0.4, 0.5) is 0 Å². The summed E-state index contributed by atoms with van der Waals surface area (Å²) in [6.07, 6.45) is 5.48. The van der Waals surface area contributed by atoms with Gasteiger partial charge in [0.2, 0.25) is 5.91 Å². The Labute approximate surface area is 148 Å². The van der Waals surface area contributed by atoms with Crippen LogP contribution < -0.4 is 4.72 Å². The first-order valence-electron chi connectivity index (χ1n) is 8.52. The molecule has 0 bridgehead atoms. The molecule has 1 aliphatic rings. The van der Waals surface area contributed by atoms with E-state index in [0.29, 0.717) is 12.0 Å². The number of rotatable bonds is 7. The van der Waals surface area contributed by atoms with Gasteiger partial charge in [0.15, 0.2) is 5.03 Å². The first-order valence-corrected chi connectivity index (χ1v) is 10.00. The standard InChI is InChI=1S/C19H22N2O3S/c1-14-4-3-13-20-19(14)25(23,24)21-18(22)6-2-5-15-7-9-16(10-8-15)17-11-12-17/h3-4,7-10,13,17H,2,5-6,11-12H2,1H3,(H,21,22). The molecule has 0 saturated heterocycles. The van der Waals surface area contributed by atoms with E-state index in [9.17, 15) is 13.2 Å². The first-order chi connectivity index (χ1) is 12.0. The number of hydrogen-bond acceptors (Lipinski definition) is 4. The Balaban J connectivity index is 1.50. The van der Waals surface area contributed by atoms with Crippen LogP contribution in [0, 0.1) is 6.92 Å². The minimum atomic E-state index is -3.90. The first kappa shape index (κ1) is 17.6. The highest BCUT2D eigenvalue weighted by atomic mass is 32.2. The summed E-state index contributed by atoms with van der Waals surface area (Å²) in [6, 6.07) is 11.8. The van der Waals surface area contributed by atoms with Gasteiger partial charge < -0.3 is 0 Å². The zero-order valence-electron chi connectivity index (χ0n) is 14.2. The monoisotopic (exact) mass is 358 g/mol. The molecule has 0 unspecified atom stereocenters. The molecule has 1 saturated carbocycles. The van der Waals surface area contributed by atoms with Gasteiger partial charge in [-0.15, -0.1) is 0 Å². The number of carbonyl (C=O) groups is 1. The molecule has 5 nitrogen and oxygen atoms in total. The smallest absolute Gasteiger partial charge is 0.274 e. The van der Waals surface area contributed by atoms with Crippen molar-refractivity contribution >= 4 is 15.9 Å². The second kappa shape index (κ2) is 7.35. The van der Waals surface area contributed by atoms with Crippen molar-refractivity contribution in [2.45, 2.75) is 50.0 Å². The van der Waals surface area contributed by atoms with Crippen molar-refractivity contribution in [2.24, 2.45) is 0 Å². The molecule has 1 aromatic carbocycles. The molecule has 0 aliphatic heterocycles. The fourth-order valence-electron chi connectivity index (χ4n) is 2.83. The van der Waals surface area contributed by atoms with Crippen LogP contribution in [0.2, 0.25) is 0 Å². The van der Waals surface area contributed by atoms with Gasteiger partial charge in [-0.2, -0.15) is 8.42 Å². The Bertz CT molecular complexity index is 856. The maximum Gasteiger partial charge on any atom is 0.281 e. The van der Waals surface area contributed by atoms with E-state index in [0.717, 1.165) is 12.3 Å². The Kier molecular flexibility index (Phi) is 5.18. The van der Waals surface area contributed by atoms with Crippen molar-refractivity contribution in [3.63, 3.8) is 0 Å². The van der Waals surface area contributed by atoms with Crippen LogP contribution in [0.1, 0.15) is 48.3 Å². The van der Waals surface area contributed by atoms with Gasteiger partial charge in [-0.25, -0.2) is 9.71 Å². The van der Waals surface area contributed by atoms with E-state index in [1.54, 1.807) is 19.1 Å². The largest absolute Gasteiger partial charge is 0.281 e. The Morgan fingerprint density at radius 1 is 1.20 bits per heavy atom. The lowest BCUT2D eigenvalue weighted by atomic mass is 10.0. The van der Waals surface area contributed by atoms with Crippen molar-refractivity contribution in [1.29, 1.82) is 0 Å². The van der Waals surface area contributed by atoms with Crippen LogP contribution >= 0.6 is 0 Å². The van der Waals surface area contributed by atoms with Crippen LogP contribution in [0.3, 0.4) is 0 Å². The van der Waals surface area contributed by atoms with Crippen molar-refractivity contribution in [2.75, 3.05) is 0 Å². The highest BCUT2D eigenvalue weighted by Gasteiger charge is 2.23. The van der Waals surface area contributed by atoms with Gasteiger partial charge in [0.1, 0.15) is 0 Å². The number of nitrogens with one attached hydrogen (secondary N) is 1. The SMILES string of the molecule is Cc1cccnc1S(=O)(=O)NC(=O)CCCc1ccc(C2CC2)cc1. The van der Waals surface area contributed by atoms with Gasteiger partial charge in [-0.05, 0) is 61.3 Å². The summed E-state index contributed by atoms with van der Waals surface area (Å²) in [5.74, 6) is 0.236. The molecule has 3 rings (SSSR count). The highest BCUT2D eigenvalue weighted by Crippen LogP contribution is 2.39. The van der Waals surface area contributed by atoms with Gasteiger partial charge in [-0.3, -0.25) is 4.79 Å². The molecular formula is C19H22N2O3S. The summed E-state index contributed by atoms with van der Waals surface area (Å²) in [7, 11) is -3.90. The summed E-state index contributed by atoms with van der Waals surface area (Å²) in [5.41, 5.74) is 3.07. The van der Waals surface area contributed by atoms with Gasteiger partial charge in [0, 0.05) is 12.6 Å². The summed E-state index contributed by atoms with van der Waals surface area (Å²) in [6.45, 7) is 1.65. The summed E-state index contributed by atoms with van der Waals surface area (Å²) >= 11 is 0. The third-order valence-corrected chi connectivity index (χ3v) is 5.79. The van der Waals surface area contributed by atoms with E-state index in [4.69, 9.17) is 0 Å². The lowest BCUT2D eigenvalue weighted by Crippen LogP contribution is -2.31. The summed E-state index contributed by atoms with van der Waals surface area (Å²) in [5, 5.41) is -0.0981. The zero-order chi connectivity index (χ0) is 17.9. The number of carbonyl (C=O) groups excluding carboxylic acids is 1. The van der Waals surface area contributed by atoms with Crippen LogP contribution in [-0.2, 0) is 21.2 Å². The third kappa shape index (κ3) is 4.66. The molecule has 1 aliphatic carbocycles. The van der Waals surface area contributed by atoms with E-state index in [1.807, 2.05) is 0 Å². The number of pyridine rings is 1. The fraction of sp³-hybridized carbons (Fsp3) is 0.368. The lowest BCUT2D eigenvalue weighted by Gasteiger charge is -2.08. The number of amides is 1. The predicted octanol–water partition coefficient (Wildman–Crippen LogP) is 3.10. The molecule has 2 aromatic rings. The minimum Gasteiger partial charge on any atom is -0.274 e. The molecule has 1 heterocycles. The number of benzene rings is 1. The fourth-order valence-corrected chi connectivity index (χ4v) is 4.02. The van der Waals surface area contributed by atoms with E-state index in [-0.39, 0.29) is 11.4 Å². The van der Waals surface area contributed by atoms with Crippen molar-refractivity contribution < 1.29 is 13.2 Å². The maximum absolute atomic E-state index is 12.2. The Morgan fingerprint density at radius 2 is 1.92 bits per heavy atom. The summed E-state index contributed by atoms with van der Waals surface area (Å²) < 4.78 is 26.5. The predicted molar refractivity (Wildman–Crippen MR) is 95.7 cm³/mol. The molecular weight excluding hydrogens is 336 g/mol. The average Bonchev–Trinajstić information content (AvgIpc) is 3.40. The van der Waals surface area contributed by atoms with E-state index >= 15 is 0 Å². The number of sulfonamides is 1. The average molecular weight is 358 g/mol. The van der Waals surface area contributed by atoms with E-state index < -0.39 is 15.9 Å². The van der Waals surface area contributed by atoms with Crippen LogP contribution in [0.15, 0.2) is 47.6 Å². The third-order valence-electron chi connectivity index (χ3n) is 4.36. The molecule has 0 atom stereocenters. The molecule has 132 valence electrons. The highest BCUT2D eigenvalue weighted by molar-refractivity contribution is 7.90. The Morgan fingerprint density at radius 3 is 2.56 bits per heavy atom. The Hall–Kier alpha value is -2.21. The van der Waals surface area contributed by atoms with Crippen LogP contribution in [0.25, 0.3) is 0 Å². The van der Waals surface area contributed by atoms with E-state index in [1.165, 1.54) is 30.2 Å². The van der Waals surface area contributed by atoms with E-state index in [2.05, 4.69) is 34.0 Å². The van der Waals surface area contributed by atoms with Crippen molar-refractivity contribution in [3.05, 3.63) is 59.3 Å². The van der Waals surface area contributed by atoms with Crippen molar-refractivity contribution in [3.8, 4) is 0 Å². The second-order valence-corrected chi connectivity index (χ2v) is 8.12. The molecule has 0 radical (unpaired) electrons. The number of aryl methyl sites for hydroxylation is 2. The molecule has 25 heavy (non-hydrogen) atoms. The minimum absolute atomic E-state index is 0.0981. The molecule has 1 N–H and O–H groups in total. The maximum atomic E-state index is 12.2. The van der Waals surface area contributed by atoms with Crippen LogP contribution in [-0.4, -0.2) is 19.3 Å². The van der Waals surface area contributed by atoms with Crippen molar-refractivity contribution in [1.82, 2.24) is 9.71 Å². The van der Waals surface area contributed by atoms with Gasteiger partial charge in [0.25, 0.3) is 10.0 Å². The molecule has 1 aromatic heterocycles. The molecule has 1 fully saturated rings. The number of aromatic nitrogens is 1.